The second kappa shape index (κ2) is 6.60. The Bertz CT molecular complexity index is 511. The lowest BCUT2D eigenvalue weighted by Crippen LogP contribution is -2.23. The van der Waals surface area contributed by atoms with Gasteiger partial charge in [-0.2, -0.15) is 0 Å². The van der Waals surface area contributed by atoms with Crippen LogP contribution in [0, 0.1) is 0 Å². The van der Waals surface area contributed by atoms with E-state index in [1.54, 1.807) is 21.1 Å². The molecule has 112 valence electrons. The van der Waals surface area contributed by atoms with Crippen molar-refractivity contribution in [3.63, 3.8) is 0 Å². The Morgan fingerprint density at radius 3 is 2.45 bits per heavy atom. The topological polar surface area (TPSA) is 87.5 Å². The number of anilines is 2. The predicted octanol–water partition coefficient (Wildman–Crippen LogP) is 1.60. The number of nitrogens with one attached hydrogen (secondary N) is 2. The average molecular weight is 298 g/mol. The Hall–Kier alpha value is -1.76. The maximum absolute atomic E-state index is 12.1. The Morgan fingerprint density at radius 1 is 1.40 bits per heavy atom. The van der Waals surface area contributed by atoms with Crippen LogP contribution in [0.5, 0.6) is 0 Å². The normalized spacial score (nSPS) is 11.8. The number of hydrogen-bond donors (Lipinski definition) is 3. The molecule has 0 saturated heterocycles. The number of nitrogens with zero attached hydrogens (tertiary/aromatic N) is 1. The van der Waals surface area contributed by atoms with E-state index in [1.807, 2.05) is 13.8 Å². The van der Waals surface area contributed by atoms with Crippen LogP contribution >= 0.6 is 11.3 Å². The van der Waals surface area contributed by atoms with Gasteiger partial charge >= 0.3 is 0 Å². The molecule has 0 fully saturated rings. The lowest BCUT2D eigenvalue weighted by molar-refractivity contribution is 0.0833. The molecule has 1 unspecified atom stereocenters. The second-order valence-corrected chi connectivity index (χ2v) is 5.80. The van der Waals surface area contributed by atoms with Crippen molar-refractivity contribution in [2.24, 2.45) is 0 Å². The summed E-state index contributed by atoms with van der Waals surface area (Å²) in [5.41, 5.74) is 6.58. The van der Waals surface area contributed by atoms with E-state index in [0.29, 0.717) is 15.4 Å². The molecule has 1 heterocycles. The van der Waals surface area contributed by atoms with E-state index >= 15 is 0 Å². The zero-order valence-electron chi connectivity index (χ0n) is 12.5. The average Bonchev–Trinajstić information content (AvgIpc) is 2.73. The fourth-order valence-corrected chi connectivity index (χ4v) is 2.83. The third-order valence-corrected chi connectivity index (χ3v) is 4.11. The summed E-state index contributed by atoms with van der Waals surface area (Å²) in [6.07, 6.45) is 0.905. The number of nitrogen functional groups attached to an aromatic ring is 1. The number of nitrogens with two attached hydrogens (primary N) is 1. The highest BCUT2D eigenvalue weighted by Crippen LogP contribution is 2.36. The van der Waals surface area contributed by atoms with Crippen molar-refractivity contribution in [2.45, 2.75) is 26.3 Å². The third kappa shape index (κ3) is 3.22. The molecule has 2 amide bonds. The predicted molar refractivity (Wildman–Crippen MR) is 83.5 cm³/mol. The van der Waals surface area contributed by atoms with Crippen molar-refractivity contribution < 1.29 is 9.59 Å². The van der Waals surface area contributed by atoms with Gasteiger partial charge in [0.05, 0.1) is 11.3 Å². The molecule has 1 aromatic heterocycles. The molecule has 0 aromatic carbocycles. The molecule has 1 rings (SSSR count). The number of carbonyl (C=O) groups is 2. The molecule has 0 aliphatic rings. The maximum atomic E-state index is 12.1. The molecule has 0 saturated carbocycles. The van der Waals surface area contributed by atoms with Gasteiger partial charge < -0.3 is 21.3 Å². The third-order valence-electron chi connectivity index (χ3n) is 2.99. The van der Waals surface area contributed by atoms with Gasteiger partial charge in [-0.3, -0.25) is 9.59 Å². The van der Waals surface area contributed by atoms with Crippen molar-refractivity contribution in [3.05, 3.63) is 10.4 Å². The van der Waals surface area contributed by atoms with Crippen LogP contribution in [0.3, 0.4) is 0 Å². The summed E-state index contributed by atoms with van der Waals surface area (Å²) < 4.78 is 0. The first-order valence-electron chi connectivity index (χ1n) is 6.45. The minimum absolute atomic E-state index is 0.193. The van der Waals surface area contributed by atoms with Crippen LogP contribution < -0.4 is 16.4 Å². The summed E-state index contributed by atoms with van der Waals surface area (Å²) in [4.78, 5) is 25.9. The molecular weight excluding hydrogens is 276 g/mol. The van der Waals surface area contributed by atoms with Crippen molar-refractivity contribution in [3.8, 4) is 0 Å². The smallest absolute Gasteiger partial charge is 0.265 e. The van der Waals surface area contributed by atoms with E-state index in [4.69, 9.17) is 5.73 Å². The van der Waals surface area contributed by atoms with Gasteiger partial charge in [-0.05, 0) is 13.3 Å². The molecule has 1 atom stereocenters. The first kappa shape index (κ1) is 16.3. The minimum atomic E-state index is -0.289. The van der Waals surface area contributed by atoms with Gasteiger partial charge in [-0.1, -0.05) is 6.92 Å². The number of rotatable bonds is 5. The zero-order chi connectivity index (χ0) is 15.4. The first-order chi connectivity index (χ1) is 9.33. The standard InChI is InChI=1S/C13H22N4O2S/c1-6-7(2)16-12-8(11(18)15-3)9(14)10(20-12)13(19)17(4)5/h7,16H,6,14H2,1-5H3,(H,15,18). The fourth-order valence-electron chi connectivity index (χ4n) is 1.58. The molecule has 0 aliphatic heterocycles. The maximum Gasteiger partial charge on any atom is 0.265 e. The van der Waals surface area contributed by atoms with E-state index in [0.717, 1.165) is 6.42 Å². The van der Waals surface area contributed by atoms with Gasteiger partial charge in [-0.15, -0.1) is 11.3 Å². The highest BCUT2D eigenvalue weighted by atomic mass is 32.1. The van der Waals surface area contributed by atoms with Gasteiger partial charge in [0, 0.05) is 27.2 Å². The Morgan fingerprint density at radius 2 is 2.00 bits per heavy atom. The van der Waals surface area contributed by atoms with Crippen LogP contribution in [0.1, 0.15) is 40.3 Å². The Kier molecular flexibility index (Phi) is 5.38. The summed E-state index contributed by atoms with van der Waals surface area (Å²) in [6, 6.07) is 0.193. The van der Waals surface area contributed by atoms with Crippen molar-refractivity contribution in [2.75, 3.05) is 32.2 Å². The number of carbonyl (C=O) groups excluding carboxylic acids is 2. The molecule has 20 heavy (non-hydrogen) atoms. The van der Waals surface area contributed by atoms with E-state index in [9.17, 15) is 9.59 Å². The van der Waals surface area contributed by atoms with Crippen LogP contribution in [-0.2, 0) is 0 Å². The highest BCUT2D eigenvalue weighted by molar-refractivity contribution is 7.19. The van der Waals surface area contributed by atoms with Crippen LogP contribution in [0.25, 0.3) is 0 Å². The van der Waals surface area contributed by atoms with Crippen LogP contribution in [0.2, 0.25) is 0 Å². The summed E-state index contributed by atoms with van der Waals surface area (Å²) in [5, 5.41) is 6.44. The van der Waals surface area contributed by atoms with Gasteiger partial charge in [0.2, 0.25) is 0 Å². The lowest BCUT2D eigenvalue weighted by atomic mass is 10.2. The summed E-state index contributed by atoms with van der Waals surface area (Å²) in [7, 11) is 4.85. The summed E-state index contributed by atoms with van der Waals surface area (Å²) in [6.45, 7) is 4.05. The monoisotopic (exact) mass is 298 g/mol. The van der Waals surface area contributed by atoms with Gasteiger partial charge in [-0.25, -0.2) is 0 Å². The minimum Gasteiger partial charge on any atom is -0.397 e. The zero-order valence-corrected chi connectivity index (χ0v) is 13.4. The molecule has 0 radical (unpaired) electrons. The molecule has 6 nitrogen and oxygen atoms in total. The van der Waals surface area contributed by atoms with Crippen LogP contribution in [0.15, 0.2) is 0 Å². The molecule has 0 aliphatic carbocycles. The molecule has 1 aromatic rings. The Labute approximate surface area is 123 Å². The van der Waals surface area contributed by atoms with Gasteiger partial charge in [0.1, 0.15) is 9.88 Å². The van der Waals surface area contributed by atoms with E-state index in [1.165, 1.54) is 16.2 Å². The van der Waals surface area contributed by atoms with Crippen molar-refractivity contribution in [1.82, 2.24) is 10.2 Å². The van der Waals surface area contributed by atoms with Crippen molar-refractivity contribution >= 4 is 33.8 Å². The number of hydrogen-bond acceptors (Lipinski definition) is 5. The van der Waals surface area contributed by atoms with E-state index < -0.39 is 0 Å². The SMILES string of the molecule is CCC(C)Nc1sc(C(=O)N(C)C)c(N)c1C(=O)NC. The molecule has 4 N–H and O–H groups in total. The van der Waals surface area contributed by atoms with Gasteiger partial charge in [0.15, 0.2) is 0 Å². The molecule has 7 heteroatoms. The number of amides is 2. The quantitative estimate of drug-likeness (QED) is 0.770. The largest absolute Gasteiger partial charge is 0.397 e. The lowest BCUT2D eigenvalue weighted by Gasteiger charge is -2.12. The molecular formula is C13H22N4O2S. The number of thiophene rings is 1. The van der Waals surface area contributed by atoms with E-state index in [-0.39, 0.29) is 23.5 Å². The van der Waals surface area contributed by atoms with Crippen molar-refractivity contribution in [1.29, 1.82) is 0 Å². The highest BCUT2D eigenvalue weighted by Gasteiger charge is 2.26. The summed E-state index contributed by atoms with van der Waals surface area (Å²) in [5.74, 6) is -0.489. The van der Waals surface area contributed by atoms with Crippen LogP contribution in [-0.4, -0.2) is 43.9 Å². The van der Waals surface area contributed by atoms with E-state index in [2.05, 4.69) is 10.6 Å². The molecule has 0 spiro atoms. The fraction of sp³-hybridized carbons (Fsp3) is 0.538. The summed E-state index contributed by atoms with van der Waals surface area (Å²) >= 11 is 1.22. The Balaban J connectivity index is 3.31. The van der Waals surface area contributed by atoms with Gasteiger partial charge in [0.25, 0.3) is 11.8 Å². The van der Waals surface area contributed by atoms with Crippen LogP contribution in [0.4, 0.5) is 10.7 Å². The molecule has 0 bridgehead atoms. The first-order valence-corrected chi connectivity index (χ1v) is 7.27. The second-order valence-electron chi connectivity index (χ2n) is 4.78.